The van der Waals surface area contributed by atoms with Gasteiger partial charge in [0.15, 0.2) is 5.82 Å². The molecule has 316 valence electrons. The molecule has 0 saturated heterocycles. The normalized spacial score (nSPS) is 17.2. The fourth-order valence-electron chi connectivity index (χ4n) is 10.3. The van der Waals surface area contributed by atoms with Crippen molar-refractivity contribution in [2.24, 2.45) is 0 Å². The monoisotopic (exact) mass is 839 g/mol. The summed E-state index contributed by atoms with van der Waals surface area (Å²) in [6.07, 6.45) is 9.45. The lowest BCUT2D eigenvalue weighted by Gasteiger charge is -2.45. The third-order valence-corrected chi connectivity index (χ3v) is 13.5. The van der Waals surface area contributed by atoms with E-state index < -0.39 is 5.41 Å². The molecule has 3 nitrogen and oxygen atoms in total. The molecule has 0 N–H and O–H groups in total. The lowest BCUT2D eigenvalue weighted by atomic mass is 9.59. The zero-order chi connectivity index (χ0) is 45.2. The molecule has 3 aliphatic rings. The predicted octanol–water partition coefficient (Wildman–Crippen LogP) is 16.2. The van der Waals surface area contributed by atoms with E-state index in [0.717, 1.165) is 79.4 Å². The zero-order valence-corrected chi connectivity index (χ0v) is 38.0. The molecule has 2 aliphatic carbocycles. The van der Waals surface area contributed by atoms with E-state index in [-0.39, 0.29) is 5.41 Å². The van der Waals surface area contributed by atoms with Crippen LogP contribution in [0.1, 0.15) is 74.4 Å². The highest BCUT2D eigenvalue weighted by Gasteiger charge is 2.52. The minimum absolute atomic E-state index is 0.00914. The Morgan fingerprint density at radius 2 is 1.25 bits per heavy atom. The molecule has 2 heterocycles. The van der Waals surface area contributed by atoms with Crippen molar-refractivity contribution < 1.29 is 0 Å². The standard InChI is InChI=1S/C62H53N3/c1-10-12-30-50-39(3)41(5)58-53(62(50)51-31-20-19-29-48(51)49-37-46(61(7,8)9)32-33-52(49)62)34-35-57-59(58)42(6)40(4)56(22-11-2)65(57)47-28-21-27-45(36-47)60-63-54(43-23-15-13-16-24-43)38-55(64-60)44-25-17-14-18-26-44/h11-38H,2,4-6,10H2,1,3,7-9H3/b30-12-,56-22+. The van der Waals surface area contributed by atoms with Gasteiger partial charge in [-0.3, -0.25) is 0 Å². The number of anilines is 2. The average Bonchev–Trinajstić information content (AvgIpc) is 3.62. The molecule has 1 aromatic heterocycles. The predicted molar refractivity (Wildman–Crippen MR) is 275 cm³/mol. The van der Waals surface area contributed by atoms with Crippen LogP contribution in [-0.4, -0.2) is 9.97 Å². The van der Waals surface area contributed by atoms with Gasteiger partial charge in [-0.1, -0.05) is 194 Å². The lowest BCUT2D eigenvalue weighted by molar-refractivity contribution is 0.590. The largest absolute Gasteiger partial charge is 0.309 e. The smallest absolute Gasteiger partial charge is 0.160 e. The van der Waals surface area contributed by atoms with Crippen LogP contribution in [0.3, 0.4) is 0 Å². The molecule has 1 unspecified atom stereocenters. The maximum absolute atomic E-state index is 5.20. The van der Waals surface area contributed by atoms with E-state index in [4.69, 9.17) is 29.7 Å². The van der Waals surface area contributed by atoms with Crippen LogP contribution < -0.4 is 4.90 Å². The summed E-state index contributed by atoms with van der Waals surface area (Å²) in [5, 5.41) is 0. The van der Waals surface area contributed by atoms with E-state index in [2.05, 4.69) is 167 Å². The molecular formula is C62H53N3. The molecule has 0 fully saturated rings. The fourth-order valence-corrected chi connectivity index (χ4v) is 10.3. The molecule has 0 amide bonds. The Balaban J connectivity index is 1.22. The van der Waals surface area contributed by atoms with Crippen LogP contribution >= 0.6 is 0 Å². The third kappa shape index (κ3) is 6.48. The second-order valence-corrected chi connectivity index (χ2v) is 18.3. The minimum atomic E-state index is -0.592. The number of hydrogen-bond donors (Lipinski definition) is 0. The van der Waals surface area contributed by atoms with Crippen molar-refractivity contribution in [3.8, 4) is 45.0 Å². The van der Waals surface area contributed by atoms with Gasteiger partial charge in [-0.2, -0.15) is 0 Å². The first kappa shape index (κ1) is 41.4. The summed E-state index contributed by atoms with van der Waals surface area (Å²) in [4.78, 5) is 12.7. The van der Waals surface area contributed by atoms with Gasteiger partial charge in [-0.15, -0.1) is 0 Å². The molecule has 65 heavy (non-hydrogen) atoms. The Bertz CT molecular complexity index is 3180. The molecule has 0 saturated carbocycles. The Hall–Kier alpha value is -7.62. The summed E-state index contributed by atoms with van der Waals surface area (Å²) in [6.45, 7) is 30.0. The van der Waals surface area contributed by atoms with E-state index in [1.165, 1.54) is 44.5 Å². The van der Waals surface area contributed by atoms with Crippen LogP contribution in [0.5, 0.6) is 0 Å². The zero-order valence-electron chi connectivity index (χ0n) is 38.0. The van der Waals surface area contributed by atoms with E-state index in [1.807, 2.05) is 48.6 Å². The molecule has 1 aliphatic heterocycles. The number of allylic oxidation sites excluding steroid dienone is 8. The summed E-state index contributed by atoms with van der Waals surface area (Å²) >= 11 is 0. The van der Waals surface area contributed by atoms with Crippen molar-refractivity contribution in [2.75, 3.05) is 4.90 Å². The van der Waals surface area contributed by atoms with Gasteiger partial charge >= 0.3 is 0 Å². The van der Waals surface area contributed by atoms with Gasteiger partial charge in [0.25, 0.3) is 0 Å². The molecule has 1 atom stereocenters. The van der Waals surface area contributed by atoms with Crippen LogP contribution in [0.4, 0.5) is 11.4 Å². The van der Waals surface area contributed by atoms with Crippen LogP contribution in [0, 0.1) is 0 Å². The molecule has 0 bridgehead atoms. The van der Waals surface area contributed by atoms with Gasteiger partial charge in [0.1, 0.15) is 0 Å². The van der Waals surface area contributed by atoms with Crippen LogP contribution in [0.2, 0.25) is 0 Å². The van der Waals surface area contributed by atoms with Gasteiger partial charge in [0, 0.05) is 27.9 Å². The Morgan fingerprint density at radius 1 is 0.615 bits per heavy atom. The molecule has 7 aromatic rings. The van der Waals surface area contributed by atoms with Crippen molar-refractivity contribution in [1.29, 1.82) is 0 Å². The first-order chi connectivity index (χ1) is 31.5. The maximum Gasteiger partial charge on any atom is 0.160 e. The van der Waals surface area contributed by atoms with Crippen LogP contribution in [0.15, 0.2) is 219 Å². The number of rotatable bonds is 7. The number of hydrogen-bond acceptors (Lipinski definition) is 3. The van der Waals surface area contributed by atoms with Crippen molar-refractivity contribution in [2.45, 2.75) is 51.9 Å². The van der Waals surface area contributed by atoms with Crippen molar-refractivity contribution in [3.63, 3.8) is 0 Å². The van der Waals surface area contributed by atoms with Gasteiger partial charge in [0.05, 0.1) is 28.2 Å². The SMILES string of the molecule is C=C/C=C1\C(=C)C(=C)c2c(ccc3c2C(=C)C(C)=C(/C=C\CC)C32c3ccccc3-c3cc(C(C)(C)C)ccc32)N1c1cccc(-c2nc(-c3ccccc3)cc(-c3ccccc3)n2)c1. The Morgan fingerprint density at radius 3 is 1.91 bits per heavy atom. The van der Waals surface area contributed by atoms with Crippen molar-refractivity contribution in [1.82, 2.24) is 9.97 Å². The minimum Gasteiger partial charge on any atom is -0.309 e. The molecule has 1 spiro atoms. The number of nitrogens with zero attached hydrogens (tertiary/aromatic N) is 3. The van der Waals surface area contributed by atoms with E-state index >= 15 is 0 Å². The second kappa shape index (κ2) is 15.9. The van der Waals surface area contributed by atoms with E-state index in [0.29, 0.717) is 5.82 Å². The maximum atomic E-state index is 5.20. The second-order valence-electron chi connectivity index (χ2n) is 18.3. The van der Waals surface area contributed by atoms with Gasteiger partial charge in [0.2, 0.25) is 0 Å². The molecule has 0 radical (unpaired) electrons. The first-order valence-corrected chi connectivity index (χ1v) is 22.6. The third-order valence-electron chi connectivity index (χ3n) is 13.5. The quantitative estimate of drug-likeness (QED) is 0.160. The average molecular weight is 840 g/mol. The Kier molecular flexibility index (Phi) is 10.1. The molecular weight excluding hydrogens is 787 g/mol. The van der Waals surface area contributed by atoms with Gasteiger partial charge in [-0.25, -0.2) is 9.97 Å². The summed E-state index contributed by atoms with van der Waals surface area (Å²) < 4.78 is 0. The summed E-state index contributed by atoms with van der Waals surface area (Å²) in [5.74, 6) is 0.643. The Labute approximate surface area is 384 Å². The van der Waals surface area contributed by atoms with Gasteiger partial charge in [-0.05, 0) is 116 Å². The molecule has 6 aromatic carbocycles. The topological polar surface area (TPSA) is 29.0 Å². The highest BCUT2D eigenvalue weighted by atomic mass is 15.2. The number of fused-ring (bicyclic) bond motifs is 9. The van der Waals surface area contributed by atoms with Gasteiger partial charge < -0.3 is 4.90 Å². The van der Waals surface area contributed by atoms with Crippen molar-refractivity contribution in [3.05, 3.63) is 252 Å². The summed E-state index contributed by atoms with van der Waals surface area (Å²) in [5.41, 5.74) is 21.8. The summed E-state index contributed by atoms with van der Waals surface area (Å²) in [6, 6.07) is 52.0. The highest BCUT2D eigenvalue weighted by Crippen LogP contribution is 2.64. The first-order valence-electron chi connectivity index (χ1n) is 22.6. The van der Waals surface area contributed by atoms with Crippen LogP contribution in [-0.2, 0) is 10.8 Å². The van der Waals surface area contributed by atoms with E-state index in [9.17, 15) is 0 Å². The molecule has 10 rings (SSSR count). The fraction of sp³-hybridized carbons (Fsp3) is 0.129. The molecule has 3 heteroatoms. The lowest BCUT2D eigenvalue weighted by Crippen LogP contribution is -2.35. The van der Waals surface area contributed by atoms with Crippen molar-refractivity contribution >= 4 is 22.5 Å². The van der Waals surface area contributed by atoms with E-state index in [1.54, 1.807) is 0 Å². The highest BCUT2D eigenvalue weighted by molar-refractivity contribution is 6.06. The number of aromatic nitrogens is 2. The summed E-state index contributed by atoms with van der Waals surface area (Å²) in [7, 11) is 0. The van der Waals surface area contributed by atoms with Crippen LogP contribution in [0.25, 0.3) is 56.2 Å². The number of benzene rings is 6.